The van der Waals surface area contributed by atoms with Crippen molar-refractivity contribution in [1.29, 1.82) is 0 Å². The lowest BCUT2D eigenvalue weighted by Crippen LogP contribution is -2.75. The van der Waals surface area contributed by atoms with Crippen LogP contribution in [0.5, 0.6) is 5.75 Å². The van der Waals surface area contributed by atoms with Gasteiger partial charge in [0.15, 0.2) is 0 Å². The van der Waals surface area contributed by atoms with E-state index in [4.69, 9.17) is 14.0 Å². The molecule has 6 heteroatoms. The minimum atomic E-state index is -2.11. The molecule has 0 saturated carbocycles. The lowest BCUT2D eigenvalue weighted by molar-refractivity contribution is 0.00578. The van der Waals surface area contributed by atoms with Crippen molar-refractivity contribution in [2.45, 2.75) is 69.9 Å². The van der Waals surface area contributed by atoms with Crippen molar-refractivity contribution in [3.63, 3.8) is 0 Å². The molecular formula is C25H36BNO3Si. The van der Waals surface area contributed by atoms with Crippen LogP contribution in [-0.2, 0) is 9.31 Å². The topological polar surface area (TPSA) is 30.9 Å². The highest BCUT2D eigenvalue weighted by Gasteiger charge is 2.68. The smallest absolute Gasteiger partial charge is 0.482 e. The van der Waals surface area contributed by atoms with Crippen LogP contribution in [0.4, 0.5) is 5.69 Å². The largest absolute Gasteiger partial charge is 0.497 e. The molecule has 1 atom stereocenters. The highest BCUT2D eigenvalue weighted by Crippen LogP contribution is 2.49. The van der Waals surface area contributed by atoms with Gasteiger partial charge in [0.05, 0.1) is 23.4 Å². The van der Waals surface area contributed by atoms with Gasteiger partial charge in [0.25, 0.3) is 0 Å². The minimum absolute atomic E-state index is 0.214. The van der Waals surface area contributed by atoms with Crippen molar-refractivity contribution >= 4 is 26.1 Å². The number of methoxy groups -OCH3 is 1. The molecule has 31 heavy (non-hydrogen) atoms. The molecule has 1 unspecified atom stereocenters. The number of anilines is 1. The monoisotopic (exact) mass is 437 g/mol. The third-order valence-electron chi connectivity index (χ3n) is 8.03. The quantitative estimate of drug-likeness (QED) is 0.628. The van der Waals surface area contributed by atoms with E-state index in [1.54, 1.807) is 7.11 Å². The first-order chi connectivity index (χ1) is 14.5. The van der Waals surface area contributed by atoms with Gasteiger partial charge in [-0.1, -0.05) is 48.6 Å². The molecule has 2 aliphatic rings. The van der Waals surface area contributed by atoms with Gasteiger partial charge in [0.1, 0.15) is 13.8 Å². The van der Waals surface area contributed by atoms with Crippen LogP contribution in [0.15, 0.2) is 54.6 Å². The van der Waals surface area contributed by atoms with Gasteiger partial charge in [0, 0.05) is 12.2 Å². The van der Waals surface area contributed by atoms with Gasteiger partial charge in [-0.15, -0.1) is 0 Å². The van der Waals surface area contributed by atoms with Crippen LogP contribution in [0.3, 0.4) is 0 Å². The van der Waals surface area contributed by atoms with E-state index in [2.05, 4.69) is 100 Å². The average Bonchev–Trinajstić information content (AvgIpc) is 3.28. The summed E-state index contributed by atoms with van der Waals surface area (Å²) in [6, 6.07) is 19.5. The molecule has 2 saturated heterocycles. The van der Waals surface area contributed by atoms with E-state index in [1.165, 1.54) is 10.9 Å². The molecule has 0 N–H and O–H groups in total. The lowest BCUT2D eigenvalue weighted by atomic mass is 9.75. The molecule has 0 spiro atoms. The molecular weight excluding hydrogens is 401 g/mol. The van der Waals surface area contributed by atoms with Crippen molar-refractivity contribution in [1.82, 2.24) is 0 Å². The molecule has 2 aromatic rings. The minimum Gasteiger partial charge on any atom is -0.497 e. The van der Waals surface area contributed by atoms with Gasteiger partial charge in [-0.25, -0.2) is 0 Å². The maximum atomic E-state index is 6.80. The number of ether oxygens (including phenoxy) is 1. The Hall–Kier alpha value is -1.76. The second-order valence-corrected chi connectivity index (χ2v) is 15.1. The number of rotatable bonds is 5. The Balaban J connectivity index is 1.87. The van der Waals surface area contributed by atoms with E-state index in [0.29, 0.717) is 0 Å². The molecule has 0 bridgehead atoms. The van der Waals surface area contributed by atoms with Crippen LogP contribution < -0.4 is 14.8 Å². The number of hydrogen-bond donors (Lipinski definition) is 0. The van der Waals surface area contributed by atoms with E-state index < -0.39 is 8.07 Å². The Bertz CT molecular complexity index is 900. The van der Waals surface area contributed by atoms with E-state index in [9.17, 15) is 0 Å². The van der Waals surface area contributed by atoms with Crippen molar-refractivity contribution < 1.29 is 14.0 Å². The van der Waals surface area contributed by atoms with E-state index in [1.807, 2.05) is 0 Å². The van der Waals surface area contributed by atoms with Crippen molar-refractivity contribution in [3.8, 4) is 5.75 Å². The Morgan fingerprint density at radius 3 is 2.03 bits per heavy atom. The summed E-state index contributed by atoms with van der Waals surface area (Å²) < 4.78 is 19.0. The van der Waals surface area contributed by atoms with E-state index in [0.717, 1.165) is 25.1 Å². The number of benzene rings is 2. The maximum absolute atomic E-state index is 6.80. The highest BCUT2D eigenvalue weighted by atomic mass is 28.3. The fraction of sp³-hybridized carbons (Fsp3) is 0.520. The number of nitrogens with zero attached hydrogens (tertiary/aromatic N) is 1. The first-order valence-electron chi connectivity index (χ1n) is 11.4. The van der Waals surface area contributed by atoms with Crippen molar-refractivity contribution in [2.24, 2.45) is 0 Å². The molecule has 2 fully saturated rings. The second kappa shape index (κ2) is 7.68. The van der Waals surface area contributed by atoms with Crippen LogP contribution in [-0.4, -0.2) is 45.1 Å². The van der Waals surface area contributed by atoms with Crippen LogP contribution in [0.25, 0.3) is 0 Å². The van der Waals surface area contributed by atoms with Crippen molar-refractivity contribution in [3.05, 3.63) is 54.6 Å². The van der Waals surface area contributed by atoms with Crippen LogP contribution in [0.1, 0.15) is 40.5 Å². The van der Waals surface area contributed by atoms with Gasteiger partial charge in [-0.05, 0) is 64.8 Å². The predicted octanol–water partition coefficient (Wildman–Crippen LogP) is 4.82. The van der Waals surface area contributed by atoms with Gasteiger partial charge in [-0.3, -0.25) is 0 Å². The summed E-state index contributed by atoms with van der Waals surface area (Å²) in [6.07, 6.45) is 2.18. The third-order valence-corrected chi connectivity index (χ3v) is 12.7. The molecule has 4 nitrogen and oxygen atoms in total. The molecule has 0 radical (unpaired) electrons. The SMILES string of the molecule is COc1ccc(N2CCCC2(B2OC(C)(C)C(C)(C)O2)[Si](C)(C)c2ccccc2)cc1. The van der Waals surface area contributed by atoms with Crippen LogP contribution >= 0.6 is 0 Å². The summed E-state index contributed by atoms with van der Waals surface area (Å²) in [5.74, 6) is 0.878. The van der Waals surface area contributed by atoms with Crippen LogP contribution in [0, 0.1) is 0 Å². The Morgan fingerprint density at radius 1 is 0.903 bits per heavy atom. The third kappa shape index (κ3) is 3.44. The zero-order chi connectivity index (χ0) is 22.5. The number of hydrogen-bond acceptors (Lipinski definition) is 4. The van der Waals surface area contributed by atoms with Gasteiger partial charge in [0.2, 0.25) is 0 Å². The molecule has 0 aromatic heterocycles. The molecule has 2 aromatic carbocycles. The highest BCUT2D eigenvalue weighted by molar-refractivity contribution is 7.00. The zero-order valence-electron chi connectivity index (χ0n) is 20.1. The summed E-state index contributed by atoms with van der Waals surface area (Å²) in [5.41, 5.74) is 0.490. The first kappa shape index (κ1) is 22.4. The van der Waals surface area contributed by atoms with Gasteiger partial charge < -0.3 is 18.9 Å². The summed E-state index contributed by atoms with van der Waals surface area (Å²) >= 11 is 0. The predicted molar refractivity (Wildman–Crippen MR) is 132 cm³/mol. The summed E-state index contributed by atoms with van der Waals surface area (Å²) in [6.45, 7) is 14.6. The fourth-order valence-electron chi connectivity index (χ4n) is 5.30. The van der Waals surface area contributed by atoms with Crippen molar-refractivity contribution in [2.75, 3.05) is 18.6 Å². The molecule has 2 heterocycles. The molecule has 0 aliphatic carbocycles. The van der Waals surface area contributed by atoms with Gasteiger partial charge in [-0.2, -0.15) is 0 Å². The molecule has 2 aliphatic heterocycles. The Morgan fingerprint density at radius 2 is 1.48 bits per heavy atom. The molecule has 166 valence electrons. The maximum Gasteiger partial charge on any atom is 0.482 e. The van der Waals surface area contributed by atoms with E-state index in [-0.39, 0.29) is 23.4 Å². The molecule has 0 amide bonds. The normalized spacial score (nSPS) is 25.1. The molecule has 4 rings (SSSR count). The van der Waals surface area contributed by atoms with Gasteiger partial charge >= 0.3 is 7.12 Å². The fourth-order valence-corrected chi connectivity index (χ4v) is 9.25. The second-order valence-electron chi connectivity index (χ2n) is 10.5. The Kier molecular flexibility index (Phi) is 5.56. The standard InChI is InChI=1S/C25H36BNO3Si/c1-23(2)24(3,4)30-26(29-23)25(31(6,7)22-12-9-8-10-13-22)18-11-19-27(25)20-14-16-21(28-5)17-15-20/h8-10,12-17H,11,18-19H2,1-7H3. The van der Waals surface area contributed by atoms with E-state index >= 15 is 0 Å². The summed E-state index contributed by atoms with van der Waals surface area (Å²) in [5, 5.41) is 1.22. The average molecular weight is 437 g/mol. The first-order valence-corrected chi connectivity index (χ1v) is 14.4. The summed E-state index contributed by atoms with van der Waals surface area (Å²) in [7, 11) is -0.685. The van der Waals surface area contributed by atoms with Crippen LogP contribution in [0.2, 0.25) is 13.1 Å². The Labute approximate surface area is 189 Å². The lowest BCUT2D eigenvalue weighted by Gasteiger charge is -2.50. The zero-order valence-corrected chi connectivity index (χ0v) is 21.1. The summed E-state index contributed by atoms with van der Waals surface area (Å²) in [4.78, 5) is 2.59.